The Morgan fingerprint density at radius 2 is 1.44 bits per heavy atom. The molecule has 0 saturated carbocycles. The van der Waals surface area contributed by atoms with Crippen LogP contribution in [-0.4, -0.2) is 60.0 Å². The molecule has 144 valence electrons. The van der Waals surface area contributed by atoms with E-state index in [4.69, 9.17) is 25.5 Å². The summed E-state index contributed by atoms with van der Waals surface area (Å²) in [6.45, 7) is 0. The van der Waals surface area contributed by atoms with Crippen LogP contribution in [0.15, 0.2) is 35.1 Å². The number of carboxylic acid groups (broad SMARTS) is 4. The van der Waals surface area contributed by atoms with Gasteiger partial charge in [-0.15, -0.1) is 0 Å². The van der Waals surface area contributed by atoms with Crippen molar-refractivity contribution in [1.29, 1.82) is 0 Å². The van der Waals surface area contributed by atoms with Crippen molar-refractivity contribution in [3.63, 3.8) is 0 Å². The number of hydrogen-bond acceptors (Lipinski definition) is 6. The zero-order chi connectivity index (χ0) is 20.8. The Hall–Kier alpha value is -3.73. The molecule has 0 saturated heterocycles. The fourth-order valence-corrected chi connectivity index (χ4v) is 2.02. The van der Waals surface area contributed by atoms with E-state index in [9.17, 15) is 24.0 Å². The summed E-state index contributed by atoms with van der Waals surface area (Å²) in [7, 11) is 0. The van der Waals surface area contributed by atoms with Gasteiger partial charge in [0.1, 0.15) is 5.56 Å². The third kappa shape index (κ3) is 5.93. The van der Waals surface area contributed by atoms with E-state index in [0.29, 0.717) is 10.9 Å². The molecule has 0 atom stereocenters. The molecule has 0 radical (unpaired) electrons. The number of carbonyl (C=O) groups is 4. The molecule has 0 aliphatic heterocycles. The number of aromatic nitrogens is 1. The summed E-state index contributed by atoms with van der Waals surface area (Å²) in [6.07, 6.45) is -2.29. The van der Waals surface area contributed by atoms with Crippen molar-refractivity contribution in [1.82, 2.24) is 4.98 Å². The van der Waals surface area contributed by atoms with Gasteiger partial charge in [0.15, 0.2) is 5.60 Å². The van der Waals surface area contributed by atoms with Crippen LogP contribution >= 0.6 is 0 Å². The number of pyridine rings is 1. The highest BCUT2D eigenvalue weighted by atomic mass is 16.4. The largest absolute Gasteiger partial charge is 0.481 e. The lowest BCUT2D eigenvalue weighted by Crippen LogP contribution is -2.42. The second-order valence-electron chi connectivity index (χ2n) is 5.38. The average molecular weight is 381 g/mol. The van der Waals surface area contributed by atoms with Crippen LogP contribution in [0.3, 0.4) is 0 Å². The molecule has 0 unspecified atom stereocenters. The van der Waals surface area contributed by atoms with Crippen molar-refractivity contribution in [3.05, 3.63) is 46.2 Å². The summed E-state index contributed by atoms with van der Waals surface area (Å²) in [5.41, 5.74) is -2.90. The van der Waals surface area contributed by atoms with E-state index in [0.717, 1.165) is 0 Å². The molecule has 0 fully saturated rings. The van der Waals surface area contributed by atoms with Crippen LogP contribution in [0.1, 0.15) is 23.2 Å². The maximum absolute atomic E-state index is 11.2. The van der Waals surface area contributed by atoms with E-state index in [1.807, 2.05) is 0 Å². The number of carboxylic acids is 4. The molecule has 1 aromatic carbocycles. The van der Waals surface area contributed by atoms with Crippen molar-refractivity contribution in [2.75, 3.05) is 0 Å². The smallest absolute Gasteiger partial charge is 0.341 e. The minimum absolute atomic E-state index is 0.233. The molecule has 2 aromatic rings. The molecule has 27 heavy (non-hydrogen) atoms. The number of para-hydroxylation sites is 1. The number of nitrogens with one attached hydrogen (secondary N) is 1. The van der Waals surface area contributed by atoms with E-state index >= 15 is 0 Å². The van der Waals surface area contributed by atoms with Gasteiger partial charge in [-0.25, -0.2) is 9.59 Å². The van der Waals surface area contributed by atoms with Crippen LogP contribution in [0.5, 0.6) is 0 Å². The number of aliphatic carboxylic acids is 3. The van der Waals surface area contributed by atoms with Gasteiger partial charge in [0.05, 0.1) is 12.8 Å². The van der Waals surface area contributed by atoms with Crippen molar-refractivity contribution < 1.29 is 44.7 Å². The zero-order valence-corrected chi connectivity index (χ0v) is 13.6. The van der Waals surface area contributed by atoms with Gasteiger partial charge in [0, 0.05) is 5.52 Å². The first-order valence-corrected chi connectivity index (χ1v) is 7.21. The van der Waals surface area contributed by atoms with Crippen molar-refractivity contribution in [2.45, 2.75) is 18.4 Å². The number of aliphatic hydroxyl groups is 1. The van der Waals surface area contributed by atoms with Crippen molar-refractivity contribution in [2.24, 2.45) is 0 Å². The third-order valence-electron chi connectivity index (χ3n) is 3.27. The standard InChI is InChI=1S/C10H7NO3.C6H8O7/c12-9-7(10(13)14)5-6-3-1-2-4-8(6)11-9;7-3(8)1-6(13,5(11)12)2-4(9)10/h1-5H,(H,11,12)(H,13,14);13H,1-2H2,(H,7,8)(H,9,10)(H,11,12). The maximum Gasteiger partial charge on any atom is 0.341 e. The van der Waals surface area contributed by atoms with E-state index in [-0.39, 0.29) is 5.56 Å². The van der Waals surface area contributed by atoms with E-state index in [1.165, 1.54) is 6.07 Å². The molecular weight excluding hydrogens is 366 g/mol. The van der Waals surface area contributed by atoms with Crippen LogP contribution in [0.25, 0.3) is 10.9 Å². The first-order chi connectivity index (χ1) is 12.5. The Balaban J connectivity index is 0.000000271. The lowest BCUT2D eigenvalue weighted by atomic mass is 9.96. The Morgan fingerprint density at radius 3 is 1.89 bits per heavy atom. The highest BCUT2D eigenvalue weighted by molar-refractivity contribution is 5.92. The van der Waals surface area contributed by atoms with Gasteiger partial charge < -0.3 is 30.5 Å². The van der Waals surface area contributed by atoms with Crippen LogP contribution in [0.2, 0.25) is 0 Å². The molecule has 0 aliphatic rings. The predicted molar refractivity (Wildman–Crippen MR) is 88.6 cm³/mol. The lowest BCUT2D eigenvalue weighted by molar-refractivity contribution is -0.170. The first kappa shape index (κ1) is 21.3. The Labute approximate surface area is 150 Å². The monoisotopic (exact) mass is 381 g/mol. The summed E-state index contributed by atoms with van der Waals surface area (Å²) in [5.74, 6) is -6.23. The predicted octanol–water partition coefficient (Wildman–Crippen LogP) is -0.0222. The Bertz CT molecular complexity index is 930. The number of benzene rings is 1. The van der Waals surface area contributed by atoms with E-state index < -0.39 is 47.9 Å². The van der Waals surface area contributed by atoms with Gasteiger partial charge in [0.25, 0.3) is 5.56 Å². The molecule has 11 heteroatoms. The summed E-state index contributed by atoms with van der Waals surface area (Å²) in [6, 6.07) is 8.40. The number of H-pyrrole nitrogens is 1. The molecule has 1 heterocycles. The summed E-state index contributed by atoms with van der Waals surface area (Å²) in [4.78, 5) is 54.9. The molecule has 0 bridgehead atoms. The van der Waals surface area contributed by atoms with Gasteiger partial charge in [-0.3, -0.25) is 14.4 Å². The summed E-state index contributed by atoms with van der Waals surface area (Å²) < 4.78 is 0. The van der Waals surface area contributed by atoms with E-state index in [1.54, 1.807) is 24.3 Å². The molecule has 0 aliphatic carbocycles. The van der Waals surface area contributed by atoms with Crippen LogP contribution in [0.4, 0.5) is 0 Å². The van der Waals surface area contributed by atoms with Crippen molar-refractivity contribution in [3.8, 4) is 0 Å². The van der Waals surface area contributed by atoms with Crippen LogP contribution in [0, 0.1) is 0 Å². The Kier molecular flexibility index (Phi) is 6.77. The zero-order valence-electron chi connectivity index (χ0n) is 13.6. The number of hydrogen-bond donors (Lipinski definition) is 6. The quantitative estimate of drug-likeness (QED) is 0.394. The van der Waals surface area contributed by atoms with Crippen LogP contribution in [-0.2, 0) is 14.4 Å². The normalized spacial score (nSPS) is 10.6. The van der Waals surface area contributed by atoms with Gasteiger partial charge in [-0.05, 0) is 17.5 Å². The molecule has 0 amide bonds. The number of aromatic amines is 1. The molecule has 6 N–H and O–H groups in total. The van der Waals surface area contributed by atoms with Crippen LogP contribution < -0.4 is 5.56 Å². The number of fused-ring (bicyclic) bond motifs is 1. The minimum atomic E-state index is -2.74. The van der Waals surface area contributed by atoms with E-state index in [2.05, 4.69) is 4.98 Å². The minimum Gasteiger partial charge on any atom is -0.481 e. The average Bonchev–Trinajstić information content (AvgIpc) is 2.52. The molecule has 2 rings (SSSR count). The van der Waals surface area contributed by atoms with Gasteiger partial charge in [-0.2, -0.15) is 0 Å². The SMILES string of the molecule is O=C(O)CC(O)(CC(=O)O)C(=O)O.O=C(O)c1cc2ccccc2[nH]c1=O. The summed E-state index contributed by atoms with van der Waals surface area (Å²) >= 11 is 0. The first-order valence-electron chi connectivity index (χ1n) is 7.21. The van der Waals surface area contributed by atoms with Crippen molar-refractivity contribution >= 4 is 34.8 Å². The van der Waals surface area contributed by atoms with Gasteiger partial charge in [0.2, 0.25) is 0 Å². The maximum atomic E-state index is 11.2. The summed E-state index contributed by atoms with van der Waals surface area (Å²) in [5, 5.41) is 43.2. The molecule has 11 nitrogen and oxygen atoms in total. The molecule has 1 aromatic heterocycles. The highest BCUT2D eigenvalue weighted by Crippen LogP contribution is 2.15. The second-order valence-corrected chi connectivity index (χ2v) is 5.38. The Morgan fingerprint density at radius 1 is 0.926 bits per heavy atom. The lowest BCUT2D eigenvalue weighted by Gasteiger charge is -2.18. The molecular formula is C16H15NO10. The second kappa shape index (κ2) is 8.58. The number of rotatable bonds is 6. The highest BCUT2D eigenvalue weighted by Gasteiger charge is 2.40. The van der Waals surface area contributed by atoms with Gasteiger partial charge in [-0.1, -0.05) is 18.2 Å². The fourth-order valence-electron chi connectivity index (χ4n) is 2.02. The molecule has 0 spiro atoms. The third-order valence-corrected chi connectivity index (χ3v) is 3.27. The topological polar surface area (TPSA) is 202 Å². The van der Waals surface area contributed by atoms with Gasteiger partial charge >= 0.3 is 23.9 Å². The fraction of sp³-hybridized carbons (Fsp3) is 0.188. The number of aromatic carboxylic acids is 1.